The van der Waals surface area contributed by atoms with Gasteiger partial charge in [0.05, 0.1) is 25.0 Å². The normalized spacial score (nSPS) is 16.6. The fraction of sp³-hybridized carbons (Fsp3) is 0.500. The smallest absolute Gasteiger partial charge is 0.268 e. The van der Waals surface area contributed by atoms with E-state index in [4.69, 9.17) is 4.74 Å². The van der Waals surface area contributed by atoms with Gasteiger partial charge in [-0.1, -0.05) is 19.1 Å². The molecule has 29 heavy (non-hydrogen) atoms. The monoisotopic (exact) mass is 398 g/mol. The molecular weight excluding hydrogens is 368 g/mol. The highest BCUT2D eigenvalue weighted by Crippen LogP contribution is 2.24. The molecule has 1 aliphatic rings. The maximum atomic E-state index is 12.5. The summed E-state index contributed by atoms with van der Waals surface area (Å²) in [6, 6.07) is 9.61. The van der Waals surface area contributed by atoms with E-state index in [1.807, 2.05) is 18.2 Å². The van der Waals surface area contributed by atoms with Gasteiger partial charge in [0.2, 0.25) is 5.91 Å². The van der Waals surface area contributed by atoms with Gasteiger partial charge in [-0.05, 0) is 42.9 Å². The molecule has 1 aromatic heterocycles. The van der Waals surface area contributed by atoms with Gasteiger partial charge in [0, 0.05) is 38.4 Å². The minimum Gasteiger partial charge on any atom is -0.383 e. The lowest BCUT2D eigenvalue weighted by Gasteiger charge is -2.34. The highest BCUT2D eigenvalue weighted by molar-refractivity contribution is 5.91. The van der Waals surface area contributed by atoms with Crippen molar-refractivity contribution >= 4 is 17.3 Å². The summed E-state index contributed by atoms with van der Waals surface area (Å²) in [6.45, 7) is 4.62. The Morgan fingerprint density at radius 3 is 2.97 bits per heavy atom. The zero-order valence-corrected chi connectivity index (χ0v) is 17.3. The van der Waals surface area contributed by atoms with Crippen molar-refractivity contribution in [3.63, 3.8) is 0 Å². The Labute approximate surface area is 171 Å². The number of piperidine rings is 1. The van der Waals surface area contributed by atoms with Crippen molar-refractivity contribution in [3.05, 3.63) is 52.4 Å². The van der Waals surface area contributed by atoms with Gasteiger partial charge in [0.15, 0.2) is 0 Å². The van der Waals surface area contributed by atoms with E-state index in [-0.39, 0.29) is 17.4 Å². The van der Waals surface area contributed by atoms with Crippen molar-refractivity contribution in [2.75, 3.05) is 37.0 Å². The molecule has 2 aromatic rings. The lowest BCUT2D eigenvalue weighted by Crippen LogP contribution is -2.38. The van der Waals surface area contributed by atoms with Crippen LogP contribution < -0.4 is 15.8 Å². The molecule has 7 heteroatoms. The summed E-state index contributed by atoms with van der Waals surface area (Å²) in [7, 11) is 1.60. The highest BCUT2D eigenvalue weighted by Gasteiger charge is 2.23. The number of hydrogen-bond donors (Lipinski definition) is 1. The largest absolute Gasteiger partial charge is 0.383 e. The van der Waals surface area contributed by atoms with E-state index in [0.29, 0.717) is 19.6 Å². The minimum atomic E-state index is -0.129. The number of methoxy groups -OCH3 is 1. The molecule has 1 aromatic carbocycles. The third-order valence-electron chi connectivity index (χ3n) is 5.34. The predicted molar refractivity (Wildman–Crippen MR) is 114 cm³/mol. The molecule has 0 radical (unpaired) electrons. The summed E-state index contributed by atoms with van der Waals surface area (Å²) >= 11 is 0. The fourth-order valence-corrected chi connectivity index (χ4v) is 3.75. The van der Waals surface area contributed by atoms with E-state index >= 15 is 0 Å². The van der Waals surface area contributed by atoms with Crippen LogP contribution in [0.25, 0.3) is 0 Å². The second-order valence-electron chi connectivity index (χ2n) is 7.53. The van der Waals surface area contributed by atoms with E-state index in [2.05, 4.69) is 28.3 Å². The van der Waals surface area contributed by atoms with Gasteiger partial charge in [0.1, 0.15) is 0 Å². The van der Waals surface area contributed by atoms with Crippen LogP contribution in [0.1, 0.15) is 31.7 Å². The summed E-state index contributed by atoms with van der Waals surface area (Å²) in [4.78, 5) is 26.9. The van der Waals surface area contributed by atoms with Crippen LogP contribution >= 0.6 is 0 Å². The number of benzene rings is 1. The van der Waals surface area contributed by atoms with E-state index in [1.54, 1.807) is 19.4 Å². The summed E-state index contributed by atoms with van der Waals surface area (Å²) < 4.78 is 6.41. The molecule has 2 heterocycles. The molecular formula is C22H30N4O3. The van der Waals surface area contributed by atoms with Gasteiger partial charge < -0.3 is 15.0 Å². The van der Waals surface area contributed by atoms with Gasteiger partial charge in [-0.3, -0.25) is 9.59 Å². The molecule has 7 nitrogen and oxygen atoms in total. The van der Waals surface area contributed by atoms with Crippen LogP contribution in [0.2, 0.25) is 0 Å². The predicted octanol–water partition coefficient (Wildman–Crippen LogP) is 2.70. The Morgan fingerprint density at radius 1 is 1.34 bits per heavy atom. The number of nitrogens with one attached hydrogen (secondary N) is 1. The fourth-order valence-electron chi connectivity index (χ4n) is 3.75. The second kappa shape index (κ2) is 10.2. The van der Waals surface area contributed by atoms with E-state index < -0.39 is 0 Å². The average Bonchev–Trinajstić information content (AvgIpc) is 2.73. The number of amides is 1. The lowest BCUT2D eigenvalue weighted by molar-refractivity contribution is -0.117. The van der Waals surface area contributed by atoms with E-state index in [9.17, 15) is 9.59 Å². The highest BCUT2D eigenvalue weighted by atomic mass is 16.5. The third kappa shape index (κ3) is 5.90. The number of anilines is 2. The molecule has 0 saturated carbocycles. The van der Waals surface area contributed by atoms with Crippen LogP contribution in [0.15, 0.2) is 41.3 Å². The first-order valence-corrected chi connectivity index (χ1v) is 10.3. The molecule has 1 atom stereocenters. The van der Waals surface area contributed by atoms with Crippen molar-refractivity contribution in [2.45, 2.75) is 39.2 Å². The van der Waals surface area contributed by atoms with Crippen molar-refractivity contribution in [1.29, 1.82) is 0 Å². The number of nitrogens with zero attached hydrogens (tertiary/aromatic N) is 3. The quantitative estimate of drug-likeness (QED) is 0.740. The first-order valence-electron chi connectivity index (χ1n) is 10.3. The first-order chi connectivity index (χ1) is 14.1. The maximum Gasteiger partial charge on any atom is 0.268 e. The van der Waals surface area contributed by atoms with Crippen LogP contribution in [0, 0.1) is 5.92 Å². The standard InChI is InChI=1S/C22H30N4O3/c1-3-17-6-4-8-19(12-17)24-21(27)13-18-7-5-9-25(16-18)20-14-22(28)26(23-15-20)10-11-29-2/h4,6,8,12,14-15,18H,3,5,7,9-11,13,16H2,1-2H3,(H,24,27). The summed E-state index contributed by atoms with van der Waals surface area (Å²) in [5.41, 5.74) is 2.75. The van der Waals surface area contributed by atoms with Crippen molar-refractivity contribution < 1.29 is 9.53 Å². The van der Waals surface area contributed by atoms with Crippen molar-refractivity contribution in [1.82, 2.24) is 9.78 Å². The number of ether oxygens (including phenoxy) is 1. The summed E-state index contributed by atoms with van der Waals surface area (Å²) in [6.07, 6.45) is 5.16. The molecule has 0 aliphatic carbocycles. The van der Waals surface area contributed by atoms with E-state index in [0.717, 1.165) is 43.7 Å². The summed E-state index contributed by atoms with van der Waals surface area (Å²) in [5, 5.41) is 7.27. The Morgan fingerprint density at radius 2 is 2.21 bits per heavy atom. The molecule has 1 saturated heterocycles. The number of carbonyl (C=O) groups excluding carboxylic acids is 1. The number of aryl methyl sites for hydroxylation is 1. The van der Waals surface area contributed by atoms with Gasteiger partial charge in [-0.25, -0.2) is 4.68 Å². The Kier molecular flexibility index (Phi) is 7.41. The lowest BCUT2D eigenvalue weighted by atomic mass is 9.94. The van der Waals surface area contributed by atoms with Gasteiger partial charge in [0.25, 0.3) is 5.56 Å². The molecule has 1 N–H and O–H groups in total. The zero-order valence-electron chi connectivity index (χ0n) is 17.3. The molecule has 1 fully saturated rings. The molecule has 1 unspecified atom stereocenters. The first kappa shape index (κ1) is 21.0. The number of rotatable bonds is 8. The van der Waals surface area contributed by atoms with Crippen molar-refractivity contribution in [2.24, 2.45) is 5.92 Å². The van der Waals surface area contributed by atoms with Crippen LogP contribution in [0.3, 0.4) is 0 Å². The van der Waals surface area contributed by atoms with Crippen LogP contribution in [-0.2, 0) is 22.5 Å². The van der Waals surface area contributed by atoms with Crippen LogP contribution in [-0.4, -0.2) is 42.5 Å². The molecule has 0 bridgehead atoms. The third-order valence-corrected chi connectivity index (χ3v) is 5.34. The number of carbonyl (C=O) groups is 1. The van der Waals surface area contributed by atoms with Gasteiger partial charge >= 0.3 is 0 Å². The van der Waals surface area contributed by atoms with E-state index in [1.165, 1.54) is 10.2 Å². The summed E-state index contributed by atoms with van der Waals surface area (Å²) in [5.74, 6) is 0.298. The number of hydrogen-bond acceptors (Lipinski definition) is 5. The SMILES string of the molecule is CCc1cccc(NC(=O)CC2CCCN(c3cnn(CCOC)c(=O)c3)C2)c1. The Hall–Kier alpha value is -2.67. The van der Waals surface area contributed by atoms with Crippen LogP contribution in [0.4, 0.5) is 11.4 Å². The molecule has 1 amide bonds. The van der Waals surface area contributed by atoms with Crippen molar-refractivity contribution in [3.8, 4) is 0 Å². The van der Waals surface area contributed by atoms with Gasteiger partial charge in [-0.2, -0.15) is 5.10 Å². The Bertz CT molecular complexity index is 880. The van der Waals surface area contributed by atoms with Crippen LogP contribution in [0.5, 0.6) is 0 Å². The topological polar surface area (TPSA) is 76.5 Å². The minimum absolute atomic E-state index is 0.0400. The molecule has 3 rings (SSSR count). The maximum absolute atomic E-state index is 12.5. The average molecular weight is 399 g/mol. The zero-order chi connectivity index (χ0) is 20.6. The molecule has 1 aliphatic heterocycles. The van der Waals surface area contributed by atoms with Gasteiger partial charge in [-0.15, -0.1) is 0 Å². The second-order valence-corrected chi connectivity index (χ2v) is 7.53. The Balaban J connectivity index is 1.58. The number of aromatic nitrogens is 2. The molecule has 156 valence electrons. The molecule has 0 spiro atoms.